The molecule has 0 radical (unpaired) electrons. The number of rotatable bonds is 8. The second kappa shape index (κ2) is 15.3. The van der Waals surface area contributed by atoms with Gasteiger partial charge in [-0.25, -0.2) is 26.3 Å². The Labute approximate surface area is 285 Å². The zero-order valence-corrected chi connectivity index (χ0v) is 27.9. The van der Waals surface area contributed by atoms with Crippen LogP contribution < -0.4 is 10.2 Å². The van der Waals surface area contributed by atoms with Gasteiger partial charge in [-0.2, -0.15) is 0 Å². The number of alkyl halides is 4. The van der Waals surface area contributed by atoms with Crippen molar-refractivity contribution in [2.75, 3.05) is 44.6 Å². The van der Waals surface area contributed by atoms with Crippen LogP contribution in [0, 0.1) is 34.3 Å². The van der Waals surface area contributed by atoms with Crippen molar-refractivity contribution in [3.63, 3.8) is 0 Å². The second-order valence-electron chi connectivity index (χ2n) is 13.2. The van der Waals surface area contributed by atoms with E-state index in [-0.39, 0.29) is 38.8 Å². The largest absolute Gasteiger partial charge is 0.469 e. The quantitative estimate of drug-likeness (QED) is 0.186. The fraction of sp³-hybridized carbons (Fsp3) is 0.543. The van der Waals surface area contributed by atoms with Gasteiger partial charge >= 0.3 is 17.9 Å². The van der Waals surface area contributed by atoms with Gasteiger partial charge < -0.3 is 24.4 Å². The van der Waals surface area contributed by atoms with E-state index in [4.69, 9.17) is 4.74 Å². The maximum Gasteiger partial charge on any atom is 0.312 e. The van der Waals surface area contributed by atoms with Gasteiger partial charge in [0.25, 0.3) is 0 Å². The molecule has 1 N–H and O–H groups in total. The molecule has 1 heterocycles. The minimum Gasteiger partial charge on any atom is -0.469 e. The lowest BCUT2D eigenvalue weighted by molar-refractivity contribution is -0.177. The smallest absolute Gasteiger partial charge is 0.312 e. The minimum atomic E-state index is -3.19. The van der Waals surface area contributed by atoms with Gasteiger partial charge in [-0.15, -0.1) is 0 Å². The summed E-state index contributed by atoms with van der Waals surface area (Å²) in [6.07, 6.45) is -2.36. The number of halogens is 6. The molecule has 2 aromatic carbocycles. The standard InChI is InChI=1S/C18H22F3NO4.C17H18F3NO3/c1-25-15(23)12-9-17(16(24)26-2,11-18(20,21)10-12)6-7-22-14-5-3-4-13(19)8-14;1-24-14(22)11-8-16(10-17(19,20)9-11)5-6-21(15(16)23)13-4-2-3-12(18)7-13/h3-5,8,12,22H,6-7,9-11H2,1-2H3;2-4,7,11H,5-6,8-10H2,1H3/t12-,17-;11-,16-/m00/s1. The normalized spacial score (nSPS) is 26.7. The first kappa shape index (κ1) is 38.5. The van der Waals surface area contributed by atoms with Crippen LogP contribution in [0.4, 0.5) is 37.7 Å². The van der Waals surface area contributed by atoms with Crippen molar-refractivity contribution >= 4 is 35.2 Å². The molecule has 2 saturated carbocycles. The van der Waals surface area contributed by atoms with Gasteiger partial charge in [0.1, 0.15) is 11.6 Å². The van der Waals surface area contributed by atoms with Crippen molar-refractivity contribution in [3.05, 3.63) is 60.2 Å². The van der Waals surface area contributed by atoms with Crippen LogP contribution in [0.5, 0.6) is 0 Å². The van der Waals surface area contributed by atoms with Crippen LogP contribution in [-0.2, 0) is 33.4 Å². The highest BCUT2D eigenvalue weighted by molar-refractivity contribution is 6.00. The average molecular weight is 715 g/mol. The molecule has 50 heavy (non-hydrogen) atoms. The summed E-state index contributed by atoms with van der Waals surface area (Å²) in [6, 6.07) is 11.2. The van der Waals surface area contributed by atoms with E-state index in [2.05, 4.69) is 14.8 Å². The van der Waals surface area contributed by atoms with Crippen LogP contribution in [-0.4, -0.2) is 70.1 Å². The first-order valence-electron chi connectivity index (χ1n) is 16.0. The van der Waals surface area contributed by atoms with E-state index in [1.54, 1.807) is 12.1 Å². The number of esters is 3. The Balaban J connectivity index is 0.000000225. The summed E-state index contributed by atoms with van der Waals surface area (Å²) >= 11 is 0. The van der Waals surface area contributed by atoms with Crippen LogP contribution in [0.3, 0.4) is 0 Å². The molecular formula is C35H40F6N2O7. The molecule has 4 atom stereocenters. The maximum atomic E-state index is 14.3. The van der Waals surface area contributed by atoms with E-state index < -0.39 is 95.6 Å². The van der Waals surface area contributed by atoms with Crippen LogP contribution in [0.1, 0.15) is 51.4 Å². The summed E-state index contributed by atoms with van der Waals surface area (Å²) < 4.78 is 97.5. The number of benzene rings is 2. The minimum absolute atomic E-state index is 0.0132. The molecule has 0 aromatic heterocycles. The van der Waals surface area contributed by atoms with Crippen LogP contribution in [0.15, 0.2) is 48.5 Å². The molecule has 1 amide bonds. The molecule has 1 spiro atoms. The molecule has 1 saturated heterocycles. The molecule has 2 aliphatic carbocycles. The number of hydrogen-bond donors (Lipinski definition) is 1. The van der Waals surface area contributed by atoms with E-state index in [0.29, 0.717) is 11.4 Å². The van der Waals surface area contributed by atoms with Crippen molar-refractivity contribution in [3.8, 4) is 0 Å². The number of nitrogens with one attached hydrogen (secondary N) is 1. The summed E-state index contributed by atoms with van der Waals surface area (Å²) in [5.74, 6) is -12.1. The molecular weight excluding hydrogens is 674 g/mol. The maximum absolute atomic E-state index is 14.3. The summed E-state index contributed by atoms with van der Waals surface area (Å²) in [5, 5.41) is 2.91. The Kier molecular flexibility index (Phi) is 11.8. The molecule has 2 aromatic rings. The molecule has 5 rings (SSSR count). The highest BCUT2D eigenvalue weighted by Gasteiger charge is 2.59. The fourth-order valence-electron chi connectivity index (χ4n) is 7.53. The Morgan fingerprint density at radius 2 is 1.38 bits per heavy atom. The Hall–Kier alpha value is -4.30. The van der Waals surface area contributed by atoms with E-state index >= 15 is 0 Å². The van der Waals surface area contributed by atoms with Crippen molar-refractivity contribution in [2.45, 2.75) is 63.2 Å². The molecule has 274 valence electrons. The molecule has 3 aliphatic rings. The average Bonchev–Trinajstić information content (AvgIpc) is 3.35. The van der Waals surface area contributed by atoms with Crippen molar-refractivity contribution in [1.29, 1.82) is 0 Å². The molecule has 9 nitrogen and oxygen atoms in total. The predicted molar refractivity (Wildman–Crippen MR) is 168 cm³/mol. The number of amides is 1. The Morgan fingerprint density at radius 3 is 1.96 bits per heavy atom. The Morgan fingerprint density at radius 1 is 0.800 bits per heavy atom. The van der Waals surface area contributed by atoms with Crippen LogP contribution in [0.2, 0.25) is 0 Å². The number of methoxy groups -OCH3 is 3. The molecule has 3 fully saturated rings. The van der Waals surface area contributed by atoms with Gasteiger partial charge in [0.2, 0.25) is 17.8 Å². The van der Waals surface area contributed by atoms with E-state index in [1.165, 1.54) is 41.3 Å². The number of ether oxygens (including phenoxy) is 3. The zero-order chi connectivity index (χ0) is 36.9. The molecule has 0 unspecified atom stereocenters. The number of nitrogens with zero attached hydrogens (tertiary/aromatic N) is 1. The molecule has 1 aliphatic heterocycles. The van der Waals surface area contributed by atoms with Crippen molar-refractivity contribution in [1.82, 2.24) is 0 Å². The van der Waals surface area contributed by atoms with E-state index in [0.717, 1.165) is 21.3 Å². The highest BCUT2D eigenvalue weighted by Crippen LogP contribution is 2.53. The van der Waals surface area contributed by atoms with Gasteiger partial charge in [0.15, 0.2) is 0 Å². The van der Waals surface area contributed by atoms with E-state index in [9.17, 15) is 45.5 Å². The lowest BCUT2D eigenvalue weighted by Crippen LogP contribution is -2.48. The fourth-order valence-corrected chi connectivity index (χ4v) is 7.53. The van der Waals surface area contributed by atoms with E-state index in [1.807, 2.05) is 0 Å². The van der Waals surface area contributed by atoms with Gasteiger partial charge in [-0.05, 0) is 62.1 Å². The zero-order valence-electron chi connectivity index (χ0n) is 27.9. The van der Waals surface area contributed by atoms with Gasteiger partial charge in [-0.3, -0.25) is 19.2 Å². The lowest BCUT2D eigenvalue weighted by atomic mass is 9.66. The first-order chi connectivity index (χ1) is 23.5. The summed E-state index contributed by atoms with van der Waals surface area (Å²) in [4.78, 5) is 50.1. The van der Waals surface area contributed by atoms with Crippen molar-refractivity contribution < 1.29 is 59.7 Å². The summed E-state index contributed by atoms with van der Waals surface area (Å²) in [7, 11) is 3.40. The molecule has 15 heteroatoms. The number of hydrogen-bond acceptors (Lipinski definition) is 8. The Bertz CT molecular complexity index is 1580. The van der Waals surface area contributed by atoms with Gasteiger partial charge in [0, 0.05) is 50.1 Å². The third kappa shape index (κ3) is 8.88. The summed E-state index contributed by atoms with van der Waals surface area (Å²) in [5.41, 5.74) is -2.00. The van der Waals surface area contributed by atoms with Crippen LogP contribution in [0.25, 0.3) is 0 Å². The topological polar surface area (TPSA) is 111 Å². The second-order valence-corrected chi connectivity index (χ2v) is 13.2. The number of carbonyl (C=O) groups is 4. The molecule has 0 bridgehead atoms. The third-order valence-electron chi connectivity index (χ3n) is 9.64. The monoisotopic (exact) mass is 714 g/mol. The van der Waals surface area contributed by atoms with Crippen LogP contribution >= 0.6 is 0 Å². The van der Waals surface area contributed by atoms with Gasteiger partial charge in [0.05, 0.1) is 44.0 Å². The SMILES string of the molecule is COC(=O)[C@@H]1CC(F)(F)C[C@@](CCNc2cccc(F)c2)(C(=O)OC)C1.COC(=O)[C@@H]1CC(F)(F)C[C@]2(CCN(c3cccc(F)c3)C2=O)C1. The highest BCUT2D eigenvalue weighted by atomic mass is 19.3. The lowest BCUT2D eigenvalue weighted by Gasteiger charge is -2.41. The van der Waals surface area contributed by atoms with Crippen molar-refractivity contribution in [2.24, 2.45) is 22.7 Å². The third-order valence-corrected chi connectivity index (χ3v) is 9.64. The number of carbonyl (C=O) groups excluding carboxylic acids is 4. The first-order valence-corrected chi connectivity index (χ1v) is 16.0. The summed E-state index contributed by atoms with van der Waals surface area (Å²) in [6.45, 7) is 0.370. The number of anilines is 2. The predicted octanol–water partition coefficient (Wildman–Crippen LogP) is 6.55. The van der Waals surface area contributed by atoms with Gasteiger partial charge in [-0.1, -0.05) is 12.1 Å².